The summed E-state index contributed by atoms with van der Waals surface area (Å²) in [6.45, 7) is 1.98. The van der Waals surface area contributed by atoms with E-state index in [1.165, 1.54) is 0 Å². The fourth-order valence-corrected chi connectivity index (χ4v) is 2.27. The summed E-state index contributed by atoms with van der Waals surface area (Å²) >= 11 is 0. The number of aryl methyl sites for hydroxylation is 1. The van der Waals surface area contributed by atoms with Crippen LogP contribution in [0.2, 0.25) is 0 Å². The Balaban J connectivity index is 2.01. The number of nitrogens with zero attached hydrogens (tertiary/aromatic N) is 1. The van der Waals surface area contributed by atoms with Crippen molar-refractivity contribution in [2.75, 3.05) is 0 Å². The van der Waals surface area contributed by atoms with E-state index >= 15 is 0 Å². The number of aliphatic hydroxyl groups excluding tert-OH is 1. The summed E-state index contributed by atoms with van der Waals surface area (Å²) in [5.41, 5.74) is 3.12. The zero-order valence-corrected chi connectivity index (χ0v) is 11.0. The zero-order valence-electron chi connectivity index (χ0n) is 11.0. The van der Waals surface area contributed by atoms with E-state index in [9.17, 15) is 5.11 Å². The van der Waals surface area contributed by atoms with E-state index in [1.54, 1.807) is 24.3 Å². The van der Waals surface area contributed by atoms with E-state index in [-0.39, 0.29) is 0 Å². The molecule has 1 heterocycles. The normalized spacial score (nSPS) is 12.2. The van der Waals surface area contributed by atoms with Gasteiger partial charge < -0.3 is 9.52 Å². The Morgan fingerprint density at radius 1 is 1.15 bits per heavy atom. The first-order chi connectivity index (χ1) is 9.69. The first-order valence-corrected chi connectivity index (χ1v) is 6.36. The Hall–Kier alpha value is -2.57. The van der Waals surface area contributed by atoms with E-state index in [1.807, 2.05) is 31.2 Å². The summed E-state index contributed by atoms with van der Waals surface area (Å²) < 4.78 is 5.76. The SMILES string of the molecule is Cc1cccc2cc(C(O)c3ccc(C#N)cc3)oc12. The van der Waals surface area contributed by atoms with Crippen molar-refractivity contribution in [3.05, 3.63) is 71.0 Å². The highest BCUT2D eigenvalue weighted by Gasteiger charge is 2.16. The van der Waals surface area contributed by atoms with Crippen LogP contribution in [0.25, 0.3) is 11.0 Å². The lowest BCUT2D eigenvalue weighted by Crippen LogP contribution is -1.97. The third-order valence-electron chi connectivity index (χ3n) is 3.39. The van der Waals surface area contributed by atoms with E-state index in [0.717, 1.165) is 16.5 Å². The second kappa shape index (κ2) is 4.84. The van der Waals surface area contributed by atoms with Crippen molar-refractivity contribution < 1.29 is 9.52 Å². The molecule has 0 fully saturated rings. The highest BCUT2D eigenvalue weighted by atomic mass is 16.4. The van der Waals surface area contributed by atoms with Gasteiger partial charge in [-0.2, -0.15) is 5.26 Å². The van der Waals surface area contributed by atoms with Gasteiger partial charge in [-0.15, -0.1) is 0 Å². The Kier molecular flexibility index (Phi) is 3.02. The highest BCUT2D eigenvalue weighted by molar-refractivity contribution is 5.81. The number of para-hydroxylation sites is 1. The van der Waals surface area contributed by atoms with Crippen LogP contribution in [-0.4, -0.2) is 5.11 Å². The first kappa shape index (κ1) is 12.5. The number of hydrogen-bond donors (Lipinski definition) is 1. The Bertz CT molecular complexity index is 794. The molecule has 1 atom stereocenters. The minimum Gasteiger partial charge on any atom is -0.458 e. The van der Waals surface area contributed by atoms with Crippen molar-refractivity contribution in [1.82, 2.24) is 0 Å². The third-order valence-corrected chi connectivity index (χ3v) is 3.39. The molecular formula is C17H13NO2. The van der Waals surface area contributed by atoms with Gasteiger partial charge in [-0.25, -0.2) is 0 Å². The summed E-state index contributed by atoms with van der Waals surface area (Å²) in [4.78, 5) is 0. The van der Waals surface area contributed by atoms with E-state index in [4.69, 9.17) is 9.68 Å². The lowest BCUT2D eigenvalue weighted by molar-refractivity contribution is 0.192. The molecule has 98 valence electrons. The Labute approximate surface area is 116 Å². The second-order valence-electron chi connectivity index (χ2n) is 4.78. The minimum atomic E-state index is -0.824. The second-order valence-corrected chi connectivity index (χ2v) is 4.78. The van der Waals surface area contributed by atoms with Crippen LogP contribution in [0.1, 0.15) is 28.6 Å². The summed E-state index contributed by atoms with van der Waals surface area (Å²) in [5, 5.41) is 20.1. The molecule has 0 amide bonds. The van der Waals surface area contributed by atoms with Crippen molar-refractivity contribution >= 4 is 11.0 Å². The van der Waals surface area contributed by atoms with Crippen molar-refractivity contribution in [2.24, 2.45) is 0 Å². The van der Waals surface area contributed by atoms with Gasteiger partial charge in [0.05, 0.1) is 11.6 Å². The number of fused-ring (bicyclic) bond motifs is 1. The topological polar surface area (TPSA) is 57.2 Å². The van der Waals surface area contributed by atoms with Gasteiger partial charge in [0, 0.05) is 5.39 Å². The average molecular weight is 263 g/mol. The van der Waals surface area contributed by atoms with Crippen molar-refractivity contribution in [1.29, 1.82) is 5.26 Å². The van der Waals surface area contributed by atoms with Gasteiger partial charge in [-0.1, -0.05) is 30.3 Å². The first-order valence-electron chi connectivity index (χ1n) is 6.36. The Morgan fingerprint density at radius 2 is 1.90 bits per heavy atom. The molecular weight excluding hydrogens is 250 g/mol. The van der Waals surface area contributed by atoms with E-state index < -0.39 is 6.10 Å². The molecule has 1 unspecified atom stereocenters. The lowest BCUT2D eigenvalue weighted by Gasteiger charge is -2.07. The maximum atomic E-state index is 10.4. The van der Waals surface area contributed by atoms with Crippen LogP contribution in [0, 0.1) is 18.3 Å². The smallest absolute Gasteiger partial charge is 0.138 e. The predicted molar refractivity (Wildman–Crippen MR) is 76.2 cm³/mol. The molecule has 0 aliphatic rings. The molecule has 2 aromatic carbocycles. The van der Waals surface area contributed by atoms with Crippen LogP contribution in [0.5, 0.6) is 0 Å². The number of nitriles is 1. The molecule has 0 spiro atoms. The molecule has 3 rings (SSSR count). The predicted octanol–water partition coefficient (Wildman–Crippen LogP) is 3.69. The molecule has 3 aromatic rings. The number of rotatable bonds is 2. The van der Waals surface area contributed by atoms with Gasteiger partial charge >= 0.3 is 0 Å². The largest absolute Gasteiger partial charge is 0.458 e. The van der Waals surface area contributed by atoms with Crippen molar-refractivity contribution in [3.63, 3.8) is 0 Å². The summed E-state index contributed by atoms with van der Waals surface area (Å²) in [7, 11) is 0. The number of furan rings is 1. The number of benzene rings is 2. The zero-order chi connectivity index (χ0) is 14.1. The summed E-state index contributed by atoms with van der Waals surface area (Å²) in [6.07, 6.45) is -0.824. The van der Waals surface area contributed by atoms with E-state index in [0.29, 0.717) is 16.9 Å². The molecule has 20 heavy (non-hydrogen) atoms. The fraction of sp³-hybridized carbons (Fsp3) is 0.118. The molecule has 1 aromatic heterocycles. The maximum absolute atomic E-state index is 10.4. The molecule has 0 aliphatic heterocycles. The highest BCUT2D eigenvalue weighted by Crippen LogP contribution is 2.29. The molecule has 0 bridgehead atoms. The molecule has 3 nitrogen and oxygen atoms in total. The maximum Gasteiger partial charge on any atom is 0.138 e. The standard InChI is InChI=1S/C17H13NO2/c1-11-3-2-4-14-9-15(20-17(11)14)16(19)13-7-5-12(10-18)6-8-13/h2-9,16,19H,1H3. The van der Waals surface area contributed by atoms with Gasteiger partial charge in [-0.3, -0.25) is 0 Å². The van der Waals surface area contributed by atoms with Gasteiger partial charge in [-0.05, 0) is 36.2 Å². The van der Waals surface area contributed by atoms with Crippen LogP contribution in [0.15, 0.2) is 52.9 Å². The van der Waals surface area contributed by atoms with Crippen LogP contribution < -0.4 is 0 Å². The molecule has 0 saturated heterocycles. The quantitative estimate of drug-likeness (QED) is 0.767. The Morgan fingerprint density at radius 3 is 2.55 bits per heavy atom. The van der Waals surface area contributed by atoms with Gasteiger partial charge in [0.1, 0.15) is 17.4 Å². The minimum absolute atomic E-state index is 0.513. The van der Waals surface area contributed by atoms with Crippen LogP contribution >= 0.6 is 0 Å². The van der Waals surface area contributed by atoms with Crippen LogP contribution in [0.3, 0.4) is 0 Å². The third kappa shape index (κ3) is 2.07. The number of hydrogen-bond acceptors (Lipinski definition) is 3. The lowest BCUT2D eigenvalue weighted by atomic mass is 10.1. The fourth-order valence-electron chi connectivity index (χ4n) is 2.27. The van der Waals surface area contributed by atoms with Gasteiger partial charge in [0.25, 0.3) is 0 Å². The molecule has 3 heteroatoms. The molecule has 0 saturated carbocycles. The van der Waals surface area contributed by atoms with Crippen molar-refractivity contribution in [2.45, 2.75) is 13.0 Å². The molecule has 1 N–H and O–H groups in total. The van der Waals surface area contributed by atoms with Crippen LogP contribution in [0.4, 0.5) is 0 Å². The van der Waals surface area contributed by atoms with E-state index in [2.05, 4.69) is 6.07 Å². The van der Waals surface area contributed by atoms with Gasteiger partial charge in [0.2, 0.25) is 0 Å². The number of aliphatic hydroxyl groups is 1. The molecule has 0 aliphatic carbocycles. The van der Waals surface area contributed by atoms with Gasteiger partial charge in [0.15, 0.2) is 0 Å². The van der Waals surface area contributed by atoms with Crippen molar-refractivity contribution in [3.8, 4) is 6.07 Å². The summed E-state index contributed by atoms with van der Waals surface area (Å²) in [5.74, 6) is 0.513. The molecule has 0 radical (unpaired) electrons. The summed E-state index contributed by atoms with van der Waals surface area (Å²) in [6, 6.07) is 16.7. The average Bonchev–Trinajstić information content (AvgIpc) is 2.92. The monoisotopic (exact) mass is 263 g/mol. The van der Waals surface area contributed by atoms with Crippen LogP contribution in [-0.2, 0) is 0 Å².